The predicted octanol–water partition coefficient (Wildman–Crippen LogP) is 4.70. The molecule has 26 heavy (non-hydrogen) atoms. The van der Waals surface area contributed by atoms with E-state index >= 15 is 0 Å². The zero-order valence-corrected chi connectivity index (χ0v) is 15.1. The van der Waals surface area contributed by atoms with E-state index in [9.17, 15) is 14.9 Å². The van der Waals surface area contributed by atoms with Crippen LogP contribution in [0.2, 0.25) is 5.02 Å². The zero-order valence-electron chi connectivity index (χ0n) is 14.4. The number of carbonyl (C=O) groups excluding carboxylic acids is 1. The van der Waals surface area contributed by atoms with Gasteiger partial charge in [-0.05, 0) is 55.2 Å². The van der Waals surface area contributed by atoms with E-state index in [1.54, 1.807) is 36.4 Å². The van der Waals surface area contributed by atoms with E-state index < -0.39 is 10.9 Å². The summed E-state index contributed by atoms with van der Waals surface area (Å²) in [5.74, 6) is 0.169. The fraction of sp³-hybridized carbons (Fsp3) is 0.316. The first-order chi connectivity index (χ1) is 12.4. The summed E-state index contributed by atoms with van der Waals surface area (Å²) in [6.45, 7) is 3.69. The Labute approximate surface area is 156 Å². The van der Waals surface area contributed by atoms with Crippen LogP contribution in [0, 0.1) is 16.0 Å². The molecule has 0 saturated carbocycles. The minimum absolute atomic E-state index is 0.0790. The van der Waals surface area contributed by atoms with Gasteiger partial charge >= 0.3 is 5.97 Å². The Hall–Kier alpha value is -2.60. The van der Waals surface area contributed by atoms with Gasteiger partial charge in [-0.3, -0.25) is 10.1 Å². The molecular formula is C19H19ClN2O4. The van der Waals surface area contributed by atoms with Gasteiger partial charge in [-0.15, -0.1) is 0 Å². The third-order valence-corrected chi connectivity index (χ3v) is 4.68. The quantitative estimate of drug-likeness (QED) is 0.335. The van der Waals surface area contributed by atoms with Gasteiger partial charge in [-0.25, -0.2) is 4.79 Å². The van der Waals surface area contributed by atoms with Crippen molar-refractivity contribution in [3.05, 3.63) is 63.2 Å². The lowest BCUT2D eigenvalue weighted by molar-refractivity contribution is -0.384. The van der Waals surface area contributed by atoms with E-state index in [1.807, 2.05) is 4.90 Å². The van der Waals surface area contributed by atoms with E-state index in [-0.39, 0.29) is 11.3 Å². The highest BCUT2D eigenvalue weighted by Crippen LogP contribution is 2.32. The van der Waals surface area contributed by atoms with E-state index in [2.05, 4.69) is 6.92 Å². The minimum atomic E-state index is -0.644. The summed E-state index contributed by atoms with van der Waals surface area (Å²) in [7, 11) is 0. The number of benzene rings is 2. The van der Waals surface area contributed by atoms with Gasteiger partial charge in [0.25, 0.3) is 5.69 Å². The Morgan fingerprint density at radius 3 is 2.65 bits per heavy atom. The third-order valence-electron chi connectivity index (χ3n) is 4.43. The largest absolute Gasteiger partial charge is 0.423 e. The van der Waals surface area contributed by atoms with Gasteiger partial charge in [-0.1, -0.05) is 18.5 Å². The van der Waals surface area contributed by atoms with Crippen LogP contribution in [0.5, 0.6) is 5.75 Å². The van der Waals surface area contributed by atoms with Crippen molar-refractivity contribution in [3.8, 4) is 5.75 Å². The molecule has 2 aromatic carbocycles. The number of nitro groups is 1. The Balaban J connectivity index is 1.84. The highest BCUT2D eigenvalue weighted by atomic mass is 35.5. The van der Waals surface area contributed by atoms with Crippen LogP contribution in [0.25, 0.3) is 0 Å². The number of ether oxygens (including phenoxy) is 1. The third kappa shape index (κ3) is 4.14. The second-order valence-corrected chi connectivity index (χ2v) is 6.93. The fourth-order valence-corrected chi connectivity index (χ4v) is 3.27. The average Bonchev–Trinajstić information content (AvgIpc) is 2.63. The molecule has 1 atom stereocenters. The number of anilines is 1. The SMILES string of the molecule is C[C@H]1CCCN(c2ccc(C(=O)Oc3ccc(Cl)cc3)cc2[N+](=O)[O-])C1. The normalized spacial score (nSPS) is 17.0. The van der Waals surface area contributed by atoms with Gasteiger partial charge in [0.15, 0.2) is 0 Å². The van der Waals surface area contributed by atoms with Gasteiger partial charge in [0.2, 0.25) is 0 Å². The molecule has 0 aliphatic carbocycles. The van der Waals surface area contributed by atoms with Crippen LogP contribution in [-0.2, 0) is 0 Å². The number of esters is 1. The highest BCUT2D eigenvalue weighted by molar-refractivity contribution is 6.30. The Bertz CT molecular complexity index is 823. The van der Waals surface area contributed by atoms with Crippen molar-refractivity contribution in [3.63, 3.8) is 0 Å². The molecule has 1 saturated heterocycles. The monoisotopic (exact) mass is 374 g/mol. The summed E-state index contributed by atoms with van der Waals surface area (Å²) in [5, 5.41) is 12.1. The van der Waals surface area contributed by atoms with E-state index in [0.717, 1.165) is 25.9 Å². The topological polar surface area (TPSA) is 72.7 Å². The van der Waals surface area contributed by atoms with E-state index in [4.69, 9.17) is 16.3 Å². The summed E-state index contributed by atoms with van der Waals surface area (Å²) >= 11 is 5.80. The maximum absolute atomic E-state index is 12.3. The summed E-state index contributed by atoms with van der Waals surface area (Å²) in [6, 6.07) is 10.8. The van der Waals surface area contributed by atoms with E-state index in [0.29, 0.717) is 22.4 Å². The van der Waals surface area contributed by atoms with Crippen LogP contribution in [0.3, 0.4) is 0 Å². The highest BCUT2D eigenvalue weighted by Gasteiger charge is 2.25. The first-order valence-corrected chi connectivity index (χ1v) is 8.83. The number of nitro benzene ring substituents is 1. The number of halogens is 1. The standard InChI is InChI=1S/C19H19ClN2O4/c1-13-3-2-10-21(12-13)17-9-4-14(11-18(17)22(24)25)19(23)26-16-7-5-15(20)6-8-16/h4-9,11,13H,2-3,10,12H2,1H3/t13-/m0/s1. The fourth-order valence-electron chi connectivity index (χ4n) is 3.14. The number of hydrogen-bond acceptors (Lipinski definition) is 5. The summed E-state index contributed by atoms with van der Waals surface area (Å²) in [5.41, 5.74) is 0.606. The van der Waals surface area contributed by atoms with Crippen molar-refractivity contribution in [2.24, 2.45) is 5.92 Å². The number of carbonyl (C=O) groups is 1. The summed E-state index contributed by atoms with van der Waals surface area (Å²) in [6.07, 6.45) is 2.12. The van der Waals surface area contributed by atoms with Crippen molar-refractivity contribution >= 4 is 28.9 Å². The molecule has 1 fully saturated rings. The molecule has 0 unspecified atom stereocenters. The van der Waals surface area contributed by atoms with Crippen molar-refractivity contribution < 1.29 is 14.5 Å². The second-order valence-electron chi connectivity index (χ2n) is 6.50. The van der Waals surface area contributed by atoms with Crippen LogP contribution in [0.4, 0.5) is 11.4 Å². The van der Waals surface area contributed by atoms with Crippen molar-refractivity contribution in [2.45, 2.75) is 19.8 Å². The van der Waals surface area contributed by atoms with Gasteiger partial charge in [0, 0.05) is 24.2 Å². The summed E-state index contributed by atoms with van der Waals surface area (Å²) < 4.78 is 5.26. The molecular weight excluding hydrogens is 356 g/mol. The molecule has 0 aromatic heterocycles. The molecule has 1 aliphatic rings. The average molecular weight is 375 g/mol. The maximum Gasteiger partial charge on any atom is 0.343 e. The molecule has 7 heteroatoms. The molecule has 1 aliphatic heterocycles. The summed E-state index contributed by atoms with van der Waals surface area (Å²) in [4.78, 5) is 25.4. The lowest BCUT2D eigenvalue weighted by Gasteiger charge is -2.32. The van der Waals surface area contributed by atoms with Crippen LogP contribution in [-0.4, -0.2) is 24.0 Å². The van der Waals surface area contributed by atoms with Gasteiger partial charge in [0.05, 0.1) is 10.5 Å². The number of nitrogens with zero attached hydrogens (tertiary/aromatic N) is 2. The number of rotatable bonds is 4. The molecule has 136 valence electrons. The van der Waals surface area contributed by atoms with Gasteiger partial charge in [-0.2, -0.15) is 0 Å². The molecule has 0 N–H and O–H groups in total. The van der Waals surface area contributed by atoms with Gasteiger partial charge < -0.3 is 9.64 Å². The lowest BCUT2D eigenvalue weighted by atomic mass is 9.99. The van der Waals surface area contributed by atoms with Crippen molar-refractivity contribution in [1.82, 2.24) is 0 Å². The predicted molar refractivity (Wildman–Crippen MR) is 100 cm³/mol. The lowest BCUT2D eigenvalue weighted by Crippen LogP contribution is -2.34. The molecule has 0 amide bonds. The van der Waals surface area contributed by atoms with Crippen molar-refractivity contribution in [1.29, 1.82) is 0 Å². The Kier molecular flexibility index (Phi) is 5.42. The molecule has 6 nitrogen and oxygen atoms in total. The van der Waals surface area contributed by atoms with Crippen LogP contribution in [0.1, 0.15) is 30.1 Å². The molecule has 0 spiro atoms. The number of hydrogen-bond donors (Lipinski definition) is 0. The molecule has 0 bridgehead atoms. The maximum atomic E-state index is 12.3. The van der Waals surface area contributed by atoms with Crippen molar-refractivity contribution in [2.75, 3.05) is 18.0 Å². The molecule has 0 radical (unpaired) electrons. The van der Waals surface area contributed by atoms with Crippen LogP contribution < -0.4 is 9.64 Å². The Morgan fingerprint density at radius 1 is 1.27 bits per heavy atom. The Morgan fingerprint density at radius 2 is 2.00 bits per heavy atom. The molecule has 3 rings (SSSR count). The first kappa shape index (κ1) is 18.2. The zero-order chi connectivity index (χ0) is 18.7. The number of piperidine rings is 1. The van der Waals surface area contributed by atoms with Crippen LogP contribution in [0.15, 0.2) is 42.5 Å². The van der Waals surface area contributed by atoms with Crippen LogP contribution >= 0.6 is 11.6 Å². The second kappa shape index (κ2) is 7.74. The molecule has 2 aromatic rings. The van der Waals surface area contributed by atoms with E-state index in [1.165, 1.54) is 6.07 Å². The smallest absolute Gasteiger partial charge is 0.343 e. The van der Waals surface area contributed by atoms with Gasteiger partial charge in [0.1, 0.15) is 11.4 Å². The molecule has 1 heterocycles. The minimum Gasteiger partial charge on any atom is -0.423 e. The first-order valence-electron chi connectivity index (χ1n) is 8.45.